The third-order valence-corrected chi connectivity index (χ3v) is 2.42. The topological polar surface area (TPSA) is 57.0 Å². The normalized spacial score (nSPS) is 10.4. The van der Waals surface area contributed by atoms with Gasteiger partial charge in [0.2, 0.25) is 0 Å². The molecule has 1 aromatic heterocycles. The number of carbonyl (C=O) groups is 1. The largest absolute Gasteiger partial charge is 0.460 e. The molecular formula is C13H15N3O2. The van der Waals surface area contributed by atoms with Gasteiger partial charge in [0.15, 0.2) is 0 Å². The second kappa shape index (κ2) is 5.00. The monoisotopic (exact) mass is 245 g/mol. The van der Waals surface area contributed by atoms with Crippen LogP contribution in [0.5, 0.6) is 0 Å². The molecule has 1 heterocycles. The lowest BCUT2D eigenvalue weighted by Gasteiger charge is -2.03. The number of nitrogens with zero attached hydrogens (tertiary/aromatic N) is 3. The number of hydrogen-bond donors (Lipinski definition) is 0. The van der Waals surface area contributed by atoms with Crippen molar-refractivity contribution >= 4 is 5.97 Å². The van der Waals surface area contributed by atoms with Crippen molar-refractivity contribution in [2.45, 2.75) is 20.8 Å². The van der Waals surface area contributed by atoms with Crippen molar-refractivity contribution in [1.82, 2.24) is 14.8 Å². The van der Waals surface area contributed by atoms with Gasteiger partial charge < -0.3 is 4.74 Å². The van der Waals surface area contributed by atoms with E-state index in [0.29, 0.717) is 6.61 Å². The average molecular weight is 245 g/mol. The standard InChI is InChI=1S/C13H15N3O2/c1-4-18-13(17)12-14-8-16(15-12)11-6-9(2)5-10(3)7-11/h5-8H,4H2,1-3H3. The van der Waals surface area contributed by atoms with Crippen molar-refractivity contribution in [3.63, 3.8) is 0 Å². The number of aromatic nitrogens is 3. The molecule has 2 aromatic rings. The van der Waals surface area contributed by atoms with Crippen LogP contribution in [0.25, 0.3) is 5.69 Å². The highest BCUT2D eigenvalue weighted by Gasteiger charge is 2.12. The molecule has 2 rings (SSSR count). The summed E-state index contributed by atoms with van der Waals surface area (Å²) in [6.07, 6.45) is 1.51. The maximum absolute atomic E-state index is 11.5. The summed E-state index contributed by atoms with van der Waals surface area (Å²) < 4.78 is 6.42. The van der Waals surface area contributed by atoms with E-state index in [-0.39, 0.29) is 5.82 Å². The van der Waals surface area contributed by atoms with Gasteiger partial charge in [0.05, 0.1) is 12.3 Å². The molecule has 0 aliphatic carbocycles. The van der Waals surface area contributed by atoms with Crippen molar-refractivity contribution in [1.29, 1.82) is 0 Å². The number of esters is 1. The minimum Gasteiger partial charge on any atom is -0.460 e. The summed E-state index contributed by atoms with van der Waals surface area (Å²) in [6.45, 7) is 6.09. The minimum atomic E-state index is -0.499. The van der Waals surface area contributed by atoms with E-state index < -0.39 is 5.97 Å². The molecule has 0 unspecified atom stereocenters. The van der Waals surface area contributed by atoms with Crippen molar-refractivity contribution in [2.75, 3.05) is 6.61 Å². The predicted molar refractivity (Wildman–Crippen MR) is 66.8 cm³/mol. The molecule has 0 atom stereocenters. The van der Waals surface area contributed by atoms with E-state index in [1.54, 1.807) is 11.6 Å². The van der Waals surface area contributed by atoms with E-state index in [4.69, 9.17) is 4.74 Å². The number of benzene rings is 1. The molecule has 5 nitrogen and oxygen atoms in total. The summed E-state index contributed by atoms with van der Waals surface area (Å²) in [5.74, 6) is -0.420. The third kappa shape index (κ3) is 2.56. The molecule has 0 spiro atoms. The van der Waals surface area contributed by atoms with Gasteiger partial charge in [0.1, 0.15) is 6.33 Å². The zero-order valence-electron chi connectivity index (χ0n) is 10.7. The first-order valence-corrected chi connectivity index (χ1v) is 5.77. The fourth-order valence-corrected chi connectivity index (χ4v) is 1.76. The SMILES string of the molecule is CCOC(=O)c1ncn(-c2cc(C)cc(C)c2)n1. The Kier molecular flexibility index (Phi) is 3.41. The van der Waals surface area contributed by atoms with Crippen LogP contribution in [0, 0.1) is 13.8 Å². The zero-order valence-corrected chi connectivity index (χ0v) is 10.7. The zero-order chi connectivity index (χ0) is 13.1. The Bertz CT molecular complexity index is 555. The van der Waals surface area contributed by atoms with Crippen molar-refractivity contribution < 1.29 is 9.53 Å². The van der Waals surface area contributed by atoms with Gasteiger partial charge in [-0.3, -0.25) is 0 Å². The van der Waals surface area contributed by atoms with Crippen molar-refractivity contribution in [2.24, 2.45) is 0 Å². The summed E-state index contributed by atoms with van der Waals surface area (Å²) in [5, 5.41) is 4.11. The van der Waals surface area contributed by atoms with E-state index >= 15 is 0 Å². The van der Waals surface area contributed by atoms with E-state index in [1.807, 2.05) is 26.0 Å². The van der Waals surface area contributed by atoms with Crippen LogP contribution in [0.15, 0.2) is 24.5 Å². The van der Waals surface area contributed by atoms with Crippen LogP contribution >= 0.6 is 0 Å². The molecule has 0 aliphatic rings. The Morgan fingerprint density at radius 2 is 1.94 bits per heavy atom. The van der Waals surface area contributed by atoms with Crippen LogP contribution < -0.4 is 0 Å². The van der Waals surface area contributed by atoms with E-state index in [9.17, 15) is 4.79 Å². The molecule has 94 valence electrons. The summed E-state index contributed by atoms with van der Waals surface area (Å²) in [6, 6.07) is 6.04. The number of hydrogen-bond acceptors (Lipinski definition) is 4. The van der Waals surface area contributed by atoms with Gasteiger partial charge in [-0.25, -0.2) is 14.5 Å². The van der Waals surface area contributed by atoms with Crippen LogP contribution in [0.1, 0.15) is 28.7 Å². The Labute approximate surface area is 105 Å². The maximum atomic E-state index is 11.5. The quantitative estimate of drug-likeness (QED) is 0.777. The van der Waals surface area contributed by atoms with Gasteiger partial charge in [-0.15, -0.1) is 5.10 Å². The van der Waals surface area contributed by atoms with E-state index in [2.05, 4.69) is 16.1 Å². The number of ether oxygens (including phenoxy) is 1. The van der Waals surface area contributed by atoms with Crippen LogP contribution in [0.2, 0.25) is 0 Å². The highest BCUT2D eigenvalue weighted by Crippen LogP contribution is 2.12. The maximum Gasteiger partial charge on any atom is 0.378 e. The molecule has 0 amide bonds. The summed E-state index contributed by atoms with van der Waals surface area (Å²) in [7, 11) is 0. The number of carbonyl (C=O) groups excluding carboxylic acids is 1. The second-order valence-electron chi connectivity index (χ2n) is 4.08. The fourth-order valence-electron chi connectivity index (χ4n) is 1.76. The first-order chi connectivity index (χ1) is 8.60. The molecule has 18 heavy (non-hydrogen) atoms. The average Bonchev–Trinajstić information content (AvgIpc) is 2.77. The fraction of sp³-hybridized carbons (Fsp3) is 0.308. The van der Waals surface area contributed by atoms with Gasteiger partial charge in [-0.05, 0) is 44.0 Å². The summed E-state index contributed by atoms with van der Waals surface area (Å²) in [5.41, 5.74) is 3.16. The van der Waals surface area contributed by atoms with Crippen LogP contribution in [-0.4, -0.2) is 27.3 Å². The van der Waals surface area contributed by atoms with Gasteiger partial charge in [0.25, 0.3) is 5.82 Å². The first-order valence-electron chi connectivity index (χ1n) is 5.77. The van der Waals surface area contributed by atoms with E-state index in [0.717, 1.165) is 16.8 Å². The minimum absolute atomic E-state index is 0.0796. The third-order valence-electron chi connectivity index (χ3n) is 2.42. The van der Waals surface area contributed by atoms with Crippen LogP contribution in [-0.2, 0) is 4.74 Å². The number of rotatable bonds is 3. The molecule has 0 bridgehead atoms. The summed E-state index contributed by atoms with van der Waals surface area (Å²) in [4.78, 5) is 15.4. The summed E-state index contributed by atoms with van der Waals surface area (Å²) >= 11 is 0. The Balaban J connectivity index is 2.32. The van der Waals surface area contributed by atoms with Crippen LogP contribution in [0.3, 0.4) is 0 Å². The van der Waals surface area contributed by atoms with Gasteiger partial charge in [-0.1, -0.05) is 6.07 Å². The Morgan fingerprint density at radius 3 is 2.56 bits per heavy atom. The Morgan fingerprint density at radius 1 is 1.28 bits per heavy atom. The highest BCUT2D eigenvalue weighted by molar-refractivity contribution is 5.84. The highest BCUT2D eigenvalue weighted by atomic mass is 16.5. The molecule has 0 N–H and O–H groups in total. The smallest absolute Gasteiger partial charge is 0.378 e. The second-order valence-corrected chi connectivity index (χ2v) is 4.08. The molecule has 0 fully saturated rings. The molecule has 0 radical (unpaired) electrons. The van der Waals surface area contributed by atoms with Crippen molar-refractivity contribution in [3.8, 4) is 5.69 Å². The van der Waals surface area contributed by atoms with Gasteiger partial charge in [0, 0.05) is 0 Å². The molecule has 0 saturated heterocycles. The van der Waals surface area contributed by atoms with Crippen molar-refractivity contribution in [3.05, 3.63) is 41.5 Å². The molecule has 0 aliphatic heterocycles. The van der Waals surface area contributed by atoms with Crippen LogP contribution in [0.4, 0.5) is 0 Å². The predicted octanol–water partition coefficient (Wildman–Crippen LogP) is 2.06. The first kappa shape index (κ1) is 12.3. The van der Waals surface area contributed by atoms with E-state index in [1.165, 1.54) is 6.33 Å². The lowest BCUT2D eigenvalue weighted by molar-refractivity contribution is 0.0512. The molecule has 0 saturated carbocycles. The van der Waals surface area contributed by atoms with Gasteiger partial charge in [-0.2, -0.15) is 0 Å². The lowest BCUT2D eigenvalue weighted by Crippen LogP contribution is -2.07. The number of aryl methyl sites for hydroxylation is 2. The molecule has 1 aromatic carbocycles. The molecular weight excluding hydrogens is 230 g/mol. The van der Waals surface area contributed by atoms with Gasteiger partial charge >= 0.3 is 5.97 Å². The Hall–Kier alpha value is -2.17. The molecule has 5 heteroatoms. The lowest BCUT2D eigenvalue weighted by atomic mass is 10.1.